The Morgan fingerprint density at radius 3 is 2.77 bits per heavy atom. The number of aromatic nitrogens is 2. The predicted molar refractivity (Wildman–Crippen MR) is 56.2 cm³/mol. The Morgan fingerprint density at radius 1 is 1.31 bits per heavy atom. The van der Waals surface area contributed by atoms with Crippen molar-refractivity contribution in [1.29, 1.82) is 0 Å². The Balaban J connectivity index is 2.75. The van der Waals surface area contributed by atoms with Gasteiger partial charge in [0.25, 0.3) is 0 Å². The van der Waals surface area contributed by atoms with Gasteiger partial charge in [0.1, 0.15) is 0 Å². The third kappa shape index (κ3) is 1.44. The average Bonchev–Trinajstić information content (AvgIpc) is 2.43. The molecule has 2 rings (SSSR count). The van der Waals surface area contributed by atoms with E-state index in [2.05, 4.69) is 23.8 Å². The summed E-state index contributed by atoms with van der Waals surface area (Å²) in [4.78, 5) is 8.73. The lowest BCUT2D eigenvalue weighted by Crippen LogP contribution is -1.90. The third-order valence-electron chi connectivity index (χ3n) is 2.06. The summed E-state index contributed by atoms with van der Waals surface area (Å²) in [6.45, 7) is 6.38. The van der Waals surface area contributed by atoms with Gasteiger partial charge in [-0.1, -0.05) is 13.8 Å². The lowest BCUT2D eigenvalue weighted by molar-refractivity contribution is 0.866. The van der Waals surface area contributed by atoms with Gasteiger partial charge in [-0.25, -0.2) is 4.98 Å². The van der Waals surface area contributed by atoms with E-state index in [9.17, 15) is 0 Å². The molecule has 0 atom stereocenters. The normalized spacial score (nSPS) is 11.4. The zero-order chi connectivity index (χ0) is 9.42. The predicted octanol–water partition coefficient (Wildman–Crippen LogP) is 3.12. The van der Waals surface area contributed by atoms with Gasteiger partial charge in [0.15, 0.2) is 0 Å². The van der Waals surface area contributed by atoms with Crippen molar-refractivity contribution in [2.24, 2.45) is 0 Å². The van der Waals surface area contributed by atoms with Gasteiger partial charge in [-0.2, -0.15) is 0 Å². The van der Waals surface area contributed by atoms with Crippen LogP contribution in [0.25, 0.3) is 10.2 Å². The highest BCUT2D eigenvalue weighted by Gasteiger charge is 2.08. The Hall–Kier alpha value is -0.960. The van der Waals surface area contributed by atoms with Gasteiger partial charge in [-0.05, 0) is 12.8 Å². The maximum atomic E-state index is 4.51. The fraction of sp³-hybridized carbons (Fsp3) is 0.400. The molecule has 0 bridgehead atoms. The highest BCUT2D eigenvalue weighted by molar-refractivity contribution is 7.18. The number of aryl methyl sites for hydroxylation is 1. The number of nitrogens with zero attached hydrogens (tertiary/aromatic N) is 2. The maximum Gasteiger partial charge on any atom is 0.0908 e. The number of thiazole rings is 1. The highest BCUT2D eigenvalue weighted by atomic mass is 32.1. The average molecular weight is 192 g/mol. The number of fused-ring (bicyclic) bond motifs is 1. The Kier molecular flexibility index (Phi) is 2.04. The van der Waals surface area contributed by atoms with Crippen LogP contribution in [-0.4, -0.2) is 9.97 Å². The zero-order valence-corrected chi connectivity index (χ0v) is 8.85. The molecule has 3 heteroatoms. The summed E-state index contributed by atoms with van der Waals surface area (Å²) in [5.41, 5.74) is 2.38. The van der Waals surface area contributed by atoms with Crippen molar-refractivity contribution >= 4 is 21.6 Å². The molecule has 2 aromatic heterocycles. The van der Waals surface area contributed by atoms with Crippen LogP contribution >= 0.6 is 11.3 Å². The molecule has 0 aliphatic heterocycles. The topological polar surface area (TPSA) is 25.8 Å². The minimum atomic E-state index is 0.498. The summed E-state index contributed by atoms with van der Waals surface area (Å²) in [6, 6.07) is 0. The highest BCUT2D eigenvalue weighted by Crippen LogP contribution is 2.27. The van der Waals surface area contributed by atoms with Gasteiger partial charge < -0.3 is 0 Å². The van der Waals surface area contributed by atoms with Gasteiger partial charge in [0.05, 0.1) is 15.2 Å². The molecule has 13 heavy (non-hydrogen) atoms. The first-order chi connectivity index (χ1) is 6.18. The van der Waals surface area contributed by atoms with Gasteiger partial charge in [0, 0.05) is 18.0 Å². The van der Waals surface area contributed by atoms with Gasteiger partial charge in [0.2, 0.25) is 0 Å². The molecule has 0 fully saturated rings. The molecule has 0 saturated heterocycles. The van der Waals surface area contributed by atoms with Crippen LogP contribution in [0.1, 0.15) is 30.3 Å². The number of hydrogen-bond acceptors (Lipinski definition) is 3. The van der Waals surface area contributed by atoms with E-state index in [1.165, 1.54) is 10.3 Å². The summed E-state index contributed by atoms with van der Waals surface area (Å²) in [5, 5.41) is 1.12. The van der Waals surface area contributed by atoms with E-state index in [1.54, 1.807) is 11.3 Å². The van der Waals surface area contributed by atoms with E-state index in [0.717, 1.165) is 10.5 Å². The van der Waals surface area contributed by atoms with Crippen molar-refractivity contribution in [1.82, 2.24) is 9.97 Å². The molecule has 0 unspecified atom stereocenters. The molecule has 0 aliphatic rings. The van der Waals surface area contributed by atoms with Crippen molar-refractivity contribution in [2.75, 3.05) is 0 Å². The van der Waals surface area contributed by atoms with Crippen LogP contribution in [0.3, 0.4) is 0 Å². The first kappa shape index (κ1) is 8.63. The maximum absolute atomic E-state index is 4.51. The standard InChI is InChI=1S/C10H12N2S/c1-6(2)8-4-11-5-9-10(8)12-7(3)13-9/h4-6H,1-3H3. The second-order valence-electron chi connectivity index (χ2n) is 3.46. The summed E-state index contributed by atoms with van der Waals surface area (Å²) in [5.74, 6) is 0.498. The molecule has 2 heterocycles. The Bertz CT molecular complexity index is 431. The summed E-state index contributed by atoms with van der Waals surface area (Å²) in [7, 11) is 0. The van der Waals surface area contributed by atoms with Crippen LogP contribution in [0.15, 0.2) is 12.4 Å². The molecule has 2 nitrogen and oxygen atoms in total. The summed E-state index contributed by atoms with van der Waals surface area (Å²) < 4.78 is 1.20. The monoisotopic (exact) mass is 192 g/mol. The van der Waals surface area contributed by atoms with Crippen LogP contribution in [0.2, 0.25) is 0 Å². The van der Waals surface area contributed by atoms with E-state index in [0.29, 0.717) is 5.92 Å². The summed E-state index contributed by atoms with van der Waals surface area (Å²) in [6.07, 6.45) is 3.82. The molecule has 0 spiro atoms. The van der Waals surface area contributed by atoms with Gasteiger partial charge >= 0.3 is 0 Å². The molecular weight excluding hydrogens is 180 g/mol. The third-order valence-corrected chi connectivity index (χ3v) is 2.97. The number of pyridine rings is 1. The van der Waals surface area contributed by atoms with Crippen LogP contribution in [0.5, 0.6) is 0 Å². The van der Waals surface area contributed by atoms with Crippen molar-refractivity contribution in [3.05, 3.63) is 23.0 Å². The first-order valence-corrected chi connectivity index (χ1v) is 5.21. The molecule has 0 aliphatic carbocycles. The minimum Gasteiger partial charge on any atom is -0.263 e. The first-order valence-electron chi connectivity index (χ1n) is 4.39. The smallest absolute Gasteiger partial charge is 0.0908 e. The van der Waals surface area contributed by atoms with E-state index in [-0.39, 0.29) is 0 Å². The second kappa shape index (κ2) is 3.07. The Morgan fingerprint density at radius 2 is 2.08 bits per heavy atom. The molecule has 0 saturated carbocycles. The van der Waals surface area contributed by atoms with Crippen LogP contribution in [-0.2, 0) is 0 Å². The van der Waals surface area contributed by atoms with Gasteiger partial charge in [-0.15, -0.1) is 11.3 Å². The van der Waals surface area contributed by atoms with Gasteiger partial charge in [-0.3, -0.25) is 4.98 Å². The molecule has 0 radical (unpaired) electrons. The van der Waals surface area contributed by atoms with Crippen molar-refractivity contribution in [2.45, 2.75) is 26.7 Å². The van der Waals surface area contributed by atoms with Crippen molar-refractivity contribution in [3.63, 3.8) is 0 Å². The van der Waals surface area contributed by atoms with E-state index in [1.807, 2.05) is 19.3 Å². The molecule has 2 aromatic rings. The fourth-order valence-corrected chi connectivity index (χ4v) is 2.23. The zero-order valence-electron chi connectivity index (χ0n) is 8.03. The molecule has 0 N–H and O–H groups in total. The fourth-order valence-electron chi connectivity index (χ4n) is 1.41. The molecular formula is C10H12N2S. The van der Waals surface area contributed by atoms with E-state index < -0.39 is 0 Å². The van der Waals surface area contributed by atoms with Crippen molar-refractivity contribution in [3.8, 4) is 0 Å². The quantitative estimate of drug-likeness (QED) is 0.693. The molecule has 0 aromatic carbocycles. The van der Waals surface area contributed by atoms with E-state index >= 15 is 0 Å². The van der Waals surface area contributed by atoms with E-state index in [4.69, 9.17) is 0 Å². The minimum absolute atomic E-state index is 0.498. The van der Waals surface area contributed by atoms with Crippen LogP contribution < -0.4 is 0 Å². The molecule has 68 valence electrons. The largest absolute Gasteiger partial charge is 0.263 e. The van der Waals surface area contributed by atoms with Crippen LogP contribution in [0, 0.1) is 6.92 Å². The second-order valence-corrected chi connectivity index (χ2v) is 4.70. The lowest BCUT2D eigenvalue weighted by Gasteiger charge is -2.03. The van der Waals surface area contributed by atoms with Crippen molar-refractivity contribution < 1.29 is 0 Å². The number of hydrogen-bond donors (Lipinski definition) is 0. The SMILES string of the molecule is Cc1nc2c(C(C)C)cncc2s1. The molecule has 0 amide bonds. The summed E-state index contributed by atoms with van der Waals surface area (Å²) >= 11 is 1.71. The van der Waals surface area contributed by atoms with Crippen LogP contribution in [0.4, 0.5) is 0 Å². The Labute approximate surface area is 81.7 Å². The lowest BCUT2D eigenvalue weighted by atomic mass is 10.1. The number of rotatable bonds is 1.